The van der Waals surface area contributed by atoms with E-state index in [9.17, 15) is 0 Å². The zero-order chi connectivity index (χ0) is 20.9. The van der Waals surface area contributed by atoms with Gasteiger partial charge in [-0.25, -0.2) is 4.98 Å². The maximum atomic E-state index is 6.28. The van der Waals surface area contributed by atoms with Crippen molar-refractivity contribution in [1.29, 1.82) is 0 Å². The van der Waals surface area contributed by atoms with Gasteiger partial charge in [0.15, 0.2) is 5.82 Å². The lowest BCUT2D eigenvalue weighted by atomic mass is 10.2. The van der Waals surface area contributed by atoms with E-state index < -0.39 is 0 Å². The normalized spacial score (nSPS) is 14.4. The van der Waals surface area contributed by atoms with Crippen molar-refractivity contribution < 1.29 is 4.74 Å². The van der Waals surface area contributed by atoms with Crippen molar-refractivity contribution in [3.05, 3.63) is 59.8 Å². The number of halogens is 1. The lowest BCUT2D eigenvalue weighted by Crippen LogP contribution is -2.44. The highest BCUT2D eigenvalue weighted by atomic mass is 35.5. The third kappa shape index (κ3) is 4.75. The number of hydrogen-bond donors (Lipinski definition) is 2. The maximum absolute atomic E-state index is 6.28. The van der Waals surface area contributed by atoms with Crippen LogP contribution in [-0.4, -0.2) is 55.2 Å². The van der Waals surface area contributed by atoms with Crippen molar-refractivity contribution >= 4 is 40.4 Å². The summed E-state index contributed by atoms with van der Waals surface area (Å²) in [7, 11) is 3.82. The molecule has 0 bridgehead atoms. The molecule has 0 atom stereocenters. The highest BCUT2D eigenvalue weighted by Gasteiger charge is 2.16. The van der Waals surface area contributed by atoms with Crippen LogP contribution in [0.5, 0.6) is 5.75 Å². The Morgan fingerprint density at radius 1 is 1.00 bits per heavy atom. The second-order valence-corrected chi connectivity index (χ2v) is 7.59. The van der Waals surface area contributed by atoms with Crippen molar-refractivity contribution in [3.63, 3.8) is 0 Å². The van der Waals surface area contributed by atoms with E-state index in [4.69, 9.17) is 16.3 Å². The van der Waals surface area contributed by atoms with Crippen molar-refractivity contribution in [2.75, 3.05) is 55.9 Å². The van der Waals surface area contributed by atoms with Crippen LogP contribution < -0.4 is 20.3 Å². The molecule has 30 heavy (non-hydrogen) atoms. The largest absolute Gasteiger partial charge is 0.494 e. The summed E-state index contributed by atoms with van der Waals surface area (Å²) >= 11 is 6.28. The number of aromatic nitrogens is 2. The lowest BCUT2D eigenvalue weighted by Gasteiger charge is -2.34. The summed E-state index contributed by atoms with van der Waals surface area (Å²) in [5, 5.41) is 6.91. The van der Waals surface area contributed by atoms with E-state index >= 15 is 0 Å². The number of methoxy groups -OCH3 is 1. The van der Waals surface area contributed by atoms with Gasteiger partial charge in [-0.05, 0) is 31.3 Å². The van der Waals surface area contributed by atoms with Crippen LogP contribution in [0.1, 0.15) is 0 Å². The average Bonchev–Trinajstić information content (AvgIpc) is 2.77. The molecule has 2 N–H and O–H groups in total. The molecule has 0 spiro atoms. The van der Waals surface area contributed by atoms with Gasteiger partial charge in [0.05, 0.1) is 19.0 Å². The molecule has 1 aliphatic rings. The standard InChI is InChI=1S/C22H25ClN6O/c1-28-10-12-29(13-11-28)17-8-9-19(20(14-17)30-2)26-22-24-15-18(23)21(27-22)25-16-6-4-3-5-7-16/h3-9,14-15H,10-13H2,1-2H3,(H2,24,25,26,27). The molecule has 1 aliphatic heterocycles. The number of nitrogens with zero attached hydrogens (tertiary/aromatic N) is 4. The number of rotatable bonds is 6. The smallest absolute Gasteiger partial charge is 0.229 e. The average molecular weight is 425 g/mol. The Morgan fingerprint density at radius 2 is 1.77 bits per heavy atom. The van der Waals surface area contributed by atoms with Gasteiger partial charge in [0.2, 0.25) is 5.95 Å². The Labute approximate surface area is 181 Å². The van der Waals surface area contributed by atoms with Crippen LogP contribution >= 0.6 is 11.6 Å². The molecule has 0 unspecified atom stereocenters. The van der Waals surface area contributed by atoms with Crippen molar-refractivity contribution in [2.45, 2.75) is 0 Å². The van der Waals surface area contributed by atoms with E-state index in [-0.39, 0.29) is 0 Å². The summed E-state index contributed by atoms with van der Waals surface area (Å²) in [4.78, 5) is 13.5. The Hall–Kier alpha value is -3.03. The molecule has 1 fully saturated rings. The first-order valence-corrected chi connectivity index (χ1v) is 10.2. The van der Waals surface area contributed by atoms with Gasteiger partial charge < -0.3 is 25.2 Å². The van der Waals surface area contributed by atoms with E-state index in [2.05, 4.69) is 43.5 Å². The third-order valence-corrected chi connectivity index (χ3v) is 5.36. The highest BCUT2D eigenvalue weighted by Crippen LogP contribution is 2.32. The molecule has 1 saturated heterocycles. The fourth-order valence-corrected chi connectivity index (χ4v) is 3.48. The Morgan fingerprint density at radius 3 is 2.50 bits per heavy atom. The number of hydrogen-bond acceptors (Lipinski definition) is 7. The maximum Gasteiger partial charge on any atom is 0.229 e. The highest BCUT2D eigenvalue weighted by molar-refractivity contribution is 6.32. The number of nitrogens with one attached hydrogen (secondary N) is 2. The molecule has 156 valence electrons. The molecule has 0 saturated carbocycles. The topological polar surface area (TPSA) is 65.6 Å². The van der Waals surface area contributed by atoms with Crippen LogP contribution in [0, 0.1) is 0 Å². The number of para-hydroxylation sites is 1. The van der Waals surface area contributed by atoms with E-state index in [1.165, 1.54) is 0 Å². The van der Waals surface area contributed by atoms with Gasteiger partial charge in [-0.1, -0.05) is 29.8 Å². The molecule has 0 radical (unpaired) electrons. The van der Waals surface area contributed by atoms with Gasteiger partial charge in [0.1, 0.15) is 10.8 Å². The summed E-state index contributed by atoms with van der Waals surface area (Å²) in [6.45, 7) is 4.11. The van der Waals surface area contributed by atoms with Gasteiger partial charge in [0.25, 0.3) is 0 Å². The Kier molecular flexibility index (Phi) is 6.21. The zero-order valence-corrected chi connectivity index (χ0v) is 17.9. The minimum Gasteiger partial charge on any atom is -0.494 e. The first-order chi connectivity index (χ1) is 14.6. The van der Waals surface area contributed by atoms with Crippen LogP contribution in [0.15, 0.2) is 54.7 Å². The summed E-state index contributed by atoms with van der Waals surface area (Å²) in [5.74, 6) is 1.71. The van der Waals surface area contributed by atoms with Crippen LogP contribution in [0.25, 0.3) is 0 Å². The van der Waals surface area contributed by atoms with Gasteiger partial charge in [-0.2, -0.15) is 4.98 Å². The number of likely N-dealkylation sites (N-methyl/N-ethyl adjacent to an activating group) is 1. The Balaban J connectivity index is 1.53. The van der Waals surface area contributed by atoms with Crippen molar-refractivity contribution in [3.8, 4) is 5.75 Å². The molecule has 0 aliphatic carbocycles. The number of piperazine rings is 1. The molecule has 7 nitrogen and oxygen atoms in total. The van der Waals surface area contributed by atoms with Crippen LogP contribution in [-0.2, 0) is 0 Å². The quantitative estimate of drug-likeness (QED) is 0.608. The minimum atomic E-state index is 0.434. The zero-order valence-electron chi connectivity index (χ0n) is 17.1. The third-order valence-electron chi connectivity index (χ3n) is 5.08. The molecule has 4 rings (SSSR count). The molecule has 2 heterocycles. The second-order valence-electron chi connectivity index (χ2n) is 7.18. The van der Waals surface area contributed by atoms with Gasteiger partial charge in [-0.3, -0.25) is 0 Å². The predicted molar refractivity (Wildman–Crippen MR) is 123 cm³/mol. The van der Waals surface area contributed by atoms with Crippen molar-refractivity contribution in [1.82, 2.24) is 14.9 Å². The van der Waals surface area contributed by atoms with Gasteiger partial charge in [-0.15, -0.1) is 0 Å². The number of benzene rings is 2. The molecule has 8 heteroatoms. The molecule has 1 aromatic heterocycles. The second kappa shape index (κ2) is 9.19. The monoisotopic (exact) mass is 424 g/mol. The van der Waals surface area contributed by atoms with E-state index in [1.807, 2.05) is 42.5 Å². The fourth-order valence-electron chi connectivity index (χ4n) is 3.34. The number of ether oxygens (including phenoxy) is 1. The van der Waals surface area contributed by atoms with E-state index in [1.54, 1.807) is 13.3 Å². The van der Waals surface area contributed by atoms with E-state index in [0.29, 0.717) is 16.8 Å². The van der Waals surface area contributed by atoms with Gasteiger partial charge >= 0.3 is 0 Å². The molecular weight excluding hydrogens is 400 g/mol. The molecule has 2 aromatic carbocycles. The fraction of sp³-hybridized carbons (Fsp3) is 0.273. The molecular formula is C22H25ClN6O. The molecule has 0 amide bonds. The summed E-state index contributed by atoms with van der Waals surface area (Å²) in [6, 6.07) is 15.9. The van der Waals surface area contributed by atoms with E-state index in [0.717, 1.165) is 49.0 Å². The summed E-state index contributed by atoms with van der Waals surface area (Å²) in [5.41, 5.74) is 2.84. The first-order valence-electron chi connectivity index (χ1n) is 9.85. The molecule has 3 aromatic rings. The summed E-state index contributed by atoms with van der Waals surface area (Å²) < 4.78 is 5.62. The lowest BCUT2D eigenvalue weighted by molar-refractivity contribution is 0.312. The van der Waals surface area contributed by atoms with Gasteiger partial charge in [0, 0.05) is 43.6 Å². The van der Waals surface area contributed by atoms with Crippen LogP contribution in [0.3, 0.4) is 0 Å². The number of anilines is 5. The van der Waals surface area contributed by atoms with Crippen LogP contribution in [0.2, 0.25) is 5.02 Å². The first kappa shape index (κ1) is 20.3. The summed E-state index contributed by atoms with van der Waals surface area (Å²) in [6.07, 6.45) is 1.58. The minimum absolute atomic E-state index is 0.434. The van der Waals surface area contributed by atoms with Crippen LogP contribution in [0.4, 0.5) is 28.8 Å². The SMILES string of the molecule is COc1cc(N2CCN(C)CC2)ccc1Nc1ncc(Cl)c(Nc2ccccc2)n1. The van der Waals surface area contributed by atoms with Crippen molar-refractivity contribution in [2.24, 2.45) is 0 Å². The Bertz CT molecular complexity index is 992. The predicted octanol–water partition coefficient (Wildman–Crippen LogP) is 4.38.